The summed E-state index contributed by atoms with van der Waals surface area (Å²) in [6, 6.07) is 3.91. The molecule has 0 aliphatic heterocycles. The lowest BCUT2D eigenvalue weighted by molar-refractivity contribution is -0.385. The first-order valence-corrected chi connectivity index (χ1v) is 5.73. The van der Waals surface area contributed by atoms with Crippen LogP contribution in [0, 0.1) is 17.0 Å². The van der Waals surface area contributed by atoms with Crippen molar-refractivity contribution in [3.63, 3.8) is 0 Å². The van der Waals surface area contributed by atoms with Gasteiger partial charge in [0.1, 0.15) is 6.04 Å². The molecule has 0 saturated heterocycles. The van der Waals surface area contributed by atoms with Gasteiger partial charge in [0, 0.05) is 12.5 Å². The maximum atomic E-state index is 10.9. The van der Waals surface area contributed by atoms with Gasteiger partial charge in [-0.15, -0.1) is 0 Å². The van der Waals surface area contributed by atoms with Crippen molar-refractivity contribution in [2.24, 2.45) is 0 Å². The lowest BCUT2D eigenvalue weighted by Crippen LogP contribution is -2.35. The van der Waals surface area contributed by atoms with Crippen molar-refractivity contribution in [1.82, 2.24) is 5.32 Å². The molecule has 19 heavy (non-hydrogen) atoms. The molecule has 1 unspecified atom stereocenters. The zero-order chi connectivity index (χ0) is 14.4. The maximum absolute atomic E-state index is 10.9. The molecule has 0 spiro atoms. The van der Waals surface area contributed by atoms with Crippen LogP contribution in [0.25, 0.3) is 0 Å². The molecule has 0 aliphatic rings. The number of carboxylic acids is 1. The van der Waals surface area contributed by atoms with Crippen LogP contribution in [0.5, 0.6) is 5.75 Å². The van der Waals surface area contributed by atoms with Gasteiger partial charge in [-0.2, -0.15) is 0 Å². The zero-order valence-corrected chi connectivity index (χ0v) is 10.8. The number of carboxylic acid groups (broad SMARTS) is 1. The first-order chi connectivity index (χ1) is 8.95. The third-order valence-corrected chi connectivity index (χ3v) is 2.62. The van der Waals surface area contributed by atoms with Crippen molar-refractivity contribution in [1.29, 1.82) is 0 Å². The number of hydrogen-bond donors (Lipinski definition) is 2. The molecule has 0 heterocycles. The van der Waals surface area contributed by atoms with Gasteiger partial charge >= 0.3 is 11.7 Å². The normalized spacial score (nSPS) is 11.9. The molecule has 0 amide bonds. The minimum absolute atomic E-state index is 0.0850. The molecule has 0 fully saturated rings. The molecule has 0 radical (unpaired) electrons. The predicted molar refractivity (Wildman–Crippen MR) is 68.4 cm³/mol. The summed E-state index contributed by atoms with van der Waals surface area (Å²) in [6.45, 7) is 1.83. The predicted octanol–water partition coefficient (Wildman–Crippen LogP) is 1.34. The highest BCUT2D eigenvalue weighted by Crippen LogP contribution is 2.27. The zero-order valence-electron chi connectivity index (χ0n) is 10.8. The van der Waals surface area contributed by atoms with Gasteiger partial charge in [0.2, 0.25) is 0 Å². The van der Waals surface area contributed by atoms with Gasteiger partial charge in [-0.05, 0) is 25.6 Å². The average molecular weight is 268 g/mol. The quantitative estimate of drug-likeness (QED) is 0.571. The summed E-state index contributed by atoms with van der Waals surface area (Å²) in [4.78, 5) is 21.1. The molecule has 1 atom stereocenters. The van der Waals surface area contributed by atoms with Crippen molar-refractivity contribution >= 4 is 11.7 Å². The molecule has 0 saturated carbocycles. The summed E-state index contributed by atoms with van der Waals surface area (Å²) in [5.74, 6) is -0.833. The van der Waals surface area contributed by atoms with Gasteiger partial charge in [0.15, 0.2) is 5.75 Å². The maximum Gasteiger partial charge on any atom is 0.320 e. The number of rotatable bonds is 7. The van der Waals surface area contributed by atoms with Gasteiger partial charge in [-0.25, -0.2) is 0 Å². The SMILES string of the molecule is CNC(CCOc1ccc(C)cc1[N+](=O)[O-])C(=O)O. The first kappa shape index (κ1) is 14.9. The van der Waals surface area contributed by atoms with E-state index in [2.05, 4.69) is 5.32 Å². The van der Waals surface area contributed by atoms with Gasteiger partial charge in [-0.1, -0.05) is 6.07 Å². The Kier molecular flexibility index (Phi) is 5.25. The van der Waals surface area contributed by atoms with E-state index < -0.39 is 16.9 Å². The van der Waals surface area contributed by atoms with Crippen molar-refractivity contribution in [2.45, 2.75) is 19.4 Å². The van der Waals surface area contributed by atoms with Crippen molar-refractivity contribution in [2.75, 3.05) is 13.7 Å². The van der Waals surface area contributed by atoms with Crippen LogP contribution in [-0.2, 0) is 4.79 Å². The second-order valence-electron chi connectivity index (χ2n) is 4.04. The minimum atomic E-state index is -0.982. The molecule has 104 valence electrons. The number of nitro groups is 1. The van der Waals surface area contributed by atoms with E-state index >= 15 is 0 Å². The fourth-order valence-corrected chi connectivity index (χ4v) is 1.57. The van der Waals surface area contributed by atoms with Crippen LogP contribution < -0.4 is 10.1 Å². The van der Waals surface area contributed by atoms with Crippen LogP contribution in [0.3, 0.4) is 0 Å². The minimum Gasteiger partial charge on any atom is -0.487 e. The second-order valence-corrected chi connectivity index (χ2v) is 4.04. The Morgan fingerprint density at radius 2 is 2.26 bits per heavy atom. The van der Waals surface area contributed by atoms with E-state index in [9.17, 15) is 14.9 Å². The highest BCUT2D eigenvalue weighted by Gasteiger charge is 2.18. The Morgan fingerprint density at radius 3 is 2.79 bits per heavy atom. The number of aryl methyl sites for hydroxylation is 1. The monoisotopic (exact) mass is 268 g/mol. The summed E-state index contributed by atoms with van der Waals surface area (Å²) in [6.07, 6.45) is 0.219. The van der Waals surface area contributed by atoms with Crippen LogP contribution >= 0.6 is 0 Å². The second kappa shape index (κ2) is 6.69. The number of aliphatic carboxylic acids is 1. The molecule has 7 nitrogen and oxygen atoms in total. The van der Waals surface area contributed by atoms with Crippen molar-refractivity contribution in [3.05, 3.63) is 33.9 Å². The third kappa shape index (κ3) is 4.22. The van der Waals surface area contributed by atoms with Crippen LogP contribution in [0.2, 0.25) is 0 Å². The van der Waals surface area contributed by atoms with E-state index in [0.29, 0.717) is 0 Å². The Balaban J connectivity index is 2.68. The van der Waals surface area contributed by atoms with Gasteiger partial charge < -0.3 is 15.2 Å². The average Bonchev–Trinajstić information content (AvgIpc) is 2.35. The molecular weight excluding hydrogens is 252 g/mol. The molecule has 0 bridgehead atoms. The van der Waals surface area contributed by atoms with Crippen LogP contribution in [0.15, 0.2) is 18.2 Å². The first-order valence-electron chi connectivity index (χ1n) is 5.73. The highest BCUT2D eigenvalue weighted by molar-refractivity contribution is 5.73. The number of hydrogen-bond acceptors (Lipinski definition) is 5. The summed E-state index contributed by atoms with van der Waals surface area (Å²) in [5.41, 5.74) is 0.647. The van der Waals surface area contributed by atoms with Crippen LogP contribution in [0.4, 0.5) is 5.69 Å². The molecule has 1 rings (SSSR count). The number of nitro benzene ring substituents is 1. The number of nitrogens with one attached hydrogen (secondary N) is 1. The lowest BCUT2D eigenvalue weighted by atomic mass is 10.2. The Labute approximate surface area is 110 Å². The Hall–Kier alpha value is -2.15. The number of benzene rings is 1. The number of nitrogens with zero attached hydrogens (tertiary/aromatic N) is 1. The Morgan fingerprint density at radius 1 is 1.58 bits per heavy atom. The van der Waals surface area contributed by atoms with E-state index in [1.807, 2.05) is 0 Å². The van der Waals surface area contributed by atoms with E-state index in [1.54, 1.807) is 13.0 Å². The number of likely N-dealkylation sites (N-methyl/N-ethyl adjacent to an activating group) is 1. The topological polar surface area (TPSA) is 102 Å². The van der Waals surface area contributed by atoms with Crippen LogP contribution in [0.1, 0.15) is 12.0 Å². The molecule has 7 heteroatoms. The largest absolute Gasteiger partial charge is 0.487 e. The van der Waals surface area contributed by atoms with Crippen molar-refractivity contribution < 1.29 is 19.6 Å². The third-order valence-electron chi connectivity index (χ3n) is 2.62. The van der Waals surface area contributed by atoms with E-state index in [4.69, 9.17) is 9.84 Å². The van der Waals surface area contributed by atoms with E-state index in [-0.39, 0.29) is 24.5 Å². The summed E-state index contributed by atoms with van der Waals surface area (Å²) < 4.78 is 5.29. The molecule has 2 N–H and O–H groups in total. The van der Waals surface area contributed by atoms with Gasteiger partial charge in [0.25, 0.3) is 0 Å². The van der Waals surface area contributed by atoms with Gasteiger partial charge in [0.05, 0.1) is 11.5 Å². The smallest absolute Gasteiger partial charge is 0.320 e. The number of carbonyl (C=O) groups is 1. The van der Waals surface area contributed by atoms with Gasteiger partial charge in [-0.3, -0.25) is 14.9 Å². The number of ether oxygens (including phenoxy) is 1. The summed E-state index contributed by atoms with van der Waals surface area (Å²) in [5, 5.41) is 22.3. The standard InChI is InChI=1S/C12H16N2O5/c1-8-3-4-11(10(7-8)14(17)18)19-6-5-9(13-2)12(15)16/h3-4,7,9,13H,5-6H2,1-2H3,(H,15,16). The Bertz CT molecular complexity index is 475. The molecule has 0 aromatic heterocycles. The summed E-state index contributed by atoms with van der Waals surface area (Å²) in [7, 11) is 1.53. The molecule has 1 aromatic carbocycles. The molecular formula is C12H16N2O5. The fourth-order valence-electron chi connectivity index (χ4n) is 1.57. The molecule has 1 aromatic rings. The lowest BCUT2D eigenvalue weighted by Gasteiger charge is -2.12. The van der Waals surface area contributed by atoms with Crippen molar-refractivity contribution in [3.8, 4) is 5.75 Å². The fraction of sp³-hybridized carbons (Fsp3) is 0.417. The highest BCUT2D eigenvalue weighted by atomic mass is 16.6. The van der Waals surface area contributed by atoms with Crippen LogP contribution in [-0.4, -0.2) is 35.7 Å². The van der Waals surface area contributed by atoms with E-state index in [0.717, 1.165) is 5.56 Å². The summed E-state index contributed by atoms with van der Waals surface area (Å²) >= 11 is 0. The van der Waals surface area contributed by atoms with E-state index in [1.165, 1.54) is 19.2 Å². The molecule has 0 aliphatic carbocycles.